The molecule has 122 valence electrons. The molecule has 0 fully saturated rings. The number of hydrogen-bond acceptors (Lipinski definition) is 5. The maximum absolute atomic E-state index is 4.43. The Hall–Kier alpha value is -2.95. The van der Waals surface area contributed by atoms with Crippen LogP contribution >= 0.6 is 0 Å². The summed E-state index contributed by atoms with van der Waals surface area (Å²) < 4.78 is 0. The van der Waals surface area contributed by atoms with Crippen molar-refractivity contribution in [3.05, 3.63) is 72.3 Å². The predicted octanol–water partition coefficient (Wildman–Crippen LogP) is 3.95. The highest BCUT2D eigenvalue weighted by Crippen LogP contribution is 2.25. The third kappa shape index (κ3) is 3.87. The van der Waals surface area contributed by atoms with Crippen LogP contribution in [0.1, 0.15) is 18.2 Å². The molecule has 0 spiro atoms. The summed E-state index contributed by atoms with van der Waals surface area (Å²) in [4.78, 5) is 15.2. The van der Waals surface area contributed by atoms with Crippen LogP contribution in [0.5, 0.6) is 0 Å². The van der Waals surface area contributed by atoms with Gasteiger partial charge in [-0.15, -0.1) is 0 Å². The largest absolute Gasteiger partial charge is 0.364 e. The van der Waals surface area contributed by atoms with Crippen LogP contribution in [0, 0.1) is 6.92 Å². The van der Waals surface area contributed by atoms with E-state index < -0.39 is 0 Å². The van der Waals surface area contributed by atoms with Crippen LogP contribution < -0.4 is 10.2 Å². The van der Waals surface area contributed by atoms with Crippen LogP contribution in [0.2, 0.25) is 0 Å². The Morgan fingerprint density at radius 3 is 2.67 bits per heavy atom. The summed E-state index contributed by atoms with van der Waals surface area (Å²) in [6.07, 6.45) is 3.38. The predicted molar refractivity (Wildman–Crippen MR) is 97.5 cm³/mol. The Kier molecular flexibility index (Phi) is 5.01. The van der Waals surface area contributed by atoms with Crippen molar-refractivity contribution in [3.63, 3.8) is 0 Å². The molecule has 2 heterocycles. The van der Waals surface area contributed by atoms with Gasteiger partial charge in [-0.1, -0.05) is 18.2 Å². The molecule has 0 amide bonds. The van der Waals surface area contributed by atoms with Crippen LogP contribution in [0.15, 0.2) is 61.1 Å². The molecule has 0 unspecified atom stereocenters. The third-order valence-corrected chi connectivity index (χ3v) is 3.74. The Morgan fingerprint density at radius 2 is 1.92 bits per heavy atom. The minimum absolute atomic E-state index is 0.633. The summed E-state index contributed by atoms with van der Waals surface area (Å²) in [5.74, 6) is 1.67. The molecule has 5 heteroatoms. The molecule has 3 rings (SSSR count). The highest BCUT2D eigenvalue weighted by Gasteiger charge is 2.10. The topological polar surface area (TPSA) is 53.9 Å². The van der Waals surface area contributed by atoms with E-state index in [4.69, 9.17) is 0 Å². The summed E-state index contributed by atoms with van der Waals surface area (Å²) in [6.45, 7) is 5.68. The van der Waals surface area contributed by atoms with Crippen molar-refractivity contribution >= 4 is 17.3 Å². The number of anilines is 3. The van der Waals surface area contributed by atoms with E-state index in [0.29, 0.717) is 6.54 Å². The van der Waals surface area contributed by atoms with Crippen molar-refractivity contribution in [1.82, 2.24) is 15.0 Å². The molecule has 0 saturated heterocycles. The minimum Gasteiger partial charge on any atom is -0.364 e. The van der Waals surface area contributed by atoms with Gasteiger partial charge in [-0.05, 0) is 43.7 Å². The van der Waals surface area contributed by atoms with Gasteiger partial charge in [-0.2, -0.15) is 0 Å². The van der Waals surface area contributed by atoms with Crippen LogP contribution in [0.4, 0.5) is 17.3 Å². The van der Waals surface area contributed by atoms with Gasteiger partial charge >= 0.3 is 0 Å². The standard InChI is InChI=1S/C19H21N5/c1-3-24(17-9-6-7-15(2)11-17)19-12-18(22-14-23-19)21-13-16-8-4-5-10-20-16/h4-12,14H,3,13H2,1-2H3,(H,21,22,23). The average molecular weight is 319 g/mol. The number of rotatable bonds is 6. The van der Waals surface area contributed by atoms with Gasteiger partial charge in [0.25, 0.3) is 0 Å². The summed E-state index contributed by atoms with van der Waals surface area (Å²) in [6, 6.07) is 16.3. The summed E-state index contributed by atoms with van der Waals surface area (Å²) in [5, 5.41) is 3.30. The van der Waals surface area contributed by atoms with E-state index in [1.165, 1.54) is 5.56 Å². The monoisotopic (exact) mass is 319 g/mol. The fraction of sp³-hybridized carbons (Fsp3) is 0.211. The number of aromatic nitrogens is 3. The third-order valence-electron chi connectivity index (χ3n) is 3.74. The van der Waals surface area contributed by atoms with Crippen molar-refractivity contribution in [2.45, 2.75) is 20.4 Å². The van der Waals surface area contributed by atoms with E-state index in [-0.39, 0.29) is 0 Å². The highest BCUT2D eigenvalue weighted by atomic mass is 15.2. The Balaban J connectivity index is 1.78. The van der Waals surface area contributed by atoms with Gasteiger partial charge in [-0.3, -0.25) is 4.98 Å². The molecule has 0 aliphatic carbocycles. The minimum atomic E-state index is 0.633. The molecule has 0 aliphatic heterocycles. The molecule has 1 aromatic carbocycles. The second-order valence-corrected chi connectivity index (χ2v) is 5.52. The molecule has 2 aromatic heterocycles. The number of aryl methyl sites for hydroxylation is 1. The Morgan fingerprint density at radius 1 is 1.00 bits per heavy atom. The average Bonchev–Trinajstić information content (AvgIpc) is 2.62. The first kappa shape index (κ1) is 15.9. The van der Waals surface area contributed by atoms with Gasteiger partial charge in [0, 0.05) is 24.5 Å². The molecule has 0 saturated carbocycles. The number of pyridine rings is 1. The quantitative estimate of drug-likeness (QED) is 0.745. The van der Waals surface area contributed by atoms with Gasteiger partial charge in [0.1, 0.15) is 18.0 Å². The van der Waals surface area contributed by atoms with Crippen molar-refractivity contribution < 1.29 is 0 Å². The lowest BCUT2D eigenvalue weighted by Gasteiger charge is -2.22. The van der Waals surface area contributed by atoms with Crippen molar-refractivity contribution in [1.29, 1.82) is 0 Å². The molecular weight excluding hydrogens is 298 g/mol. The molecule has 5 nitrogen and oxygen atoms in total. The fourth-order valence-corrected chi connectivity index (χ4v) is 2.55. The van der Waals surface area contributed by atoms with E-state index in [0.717, 1.165) is 29.6 Å². The van der Waals surface area contributed by atoms with Gasteiger partial charge < -0.3 is 10.2 Å². The second-order valence-electron chi connectivity index (χ2n) is 5.52. The molecule has 0 aliphatic rings. The number of nitrogens with zero attached hydrogens (tertiary/aromatic N) is 4. The Bertz CT molecular complexity index is 789. The molecular formula is C19H21N5. The number of nitrogens with one attached hydrogen (secondary N) is 1. The summed E-state index contributed by atoms with van der Waals surface area (Å²) in [5.41, 5.74) is 3.34. The molecule has 0 atom stereocenters. The molecule has 3 aromatic rings. The molecule has 0 radical (unpaired) electrons. The maximum Gasteiger partial charge on any atom is 0.138 e. The summed E-state index contributed by atoms with van der Waals surface area (Å²) in [7, 11) is 0. The highest BCUT2D eigenvalue weighted by molar-refractivity contribution is 5.62. The van der Waals surface area contributed by atoms with Crippen molar-refractivity contribution in [2.75, 3.05) is 16.8 Å². The lowest BCUT2D eigenvalue weighted by molar-refractivity contribution is 0.966. The number of benzene rings is 1. The lowest BCUT2D eigenvalue weighted by Crippen LogP contribution is -2.18. The van der Waals surface area contributed by atoms with E-state index >= 15 is 0 Å². The SMILES string of the molecule is CCN(c1cccc(C)c1)c1cc(NCc2ccccn2)ncn1. The van der Waals surface area contributed by atoms with Crippen molar-refractivity contribution in [3.8, 4) is 0 Å². The zero-order chi connectivity index (χ0) is 16.8. The van der Waals surface area contributed by atoms with Gasteiger partial charge in [-0.25, -0.2) is 9.97 Å². The molecule has 0 bridgehead atoms. The second kappa shape index (κ2) is 7.55. The van der Waals surface area contributed by atoms with E-state index in [9.17, 15) is 0 Å². The van der Waals surface area contributed by atoms with Gasteiger partial charge in [0.15, 0.2) is 0 Å². The van der Waals surface area contributed by atoms with Crippen LogP contribution in [-0.4, -0.2) is 21.5 Å². The first-order valence-electron chi connectivity index (χ1n) is 8.06. The first-order valence-corrected chi connectivity index (χ1v) is 8.06. The van der Waals surface area contributed by atoms with Crippen LogP contribution in [-0.2, 0) is 6.54 Å². The van der Waals surface area contributed by atoms with Crippen LogP contribution in [0.25, 0.3) is 0 Å². The summed E-state index contributed by atoms with van der Waals surface area (Å²) >= 11 is 0. The first-order chi connectivity index (χ1) is 11.8. The van der Waals surface area contributed by atoms with E-state index in [1.54, 1.807) is 12.5 Å². The smallest absolute Gasteiger partial charge is 0.138 e. The Labute approximate surface area is 142 Å². The fourth-order valence-electron chi connectivity index (χ4n) is 2.55. The zero-order valence-electron chi connectivity index (χ0n) is 14.0. The van der Waals surface area contributed by atoms with Gasteiger partial charge in [0.2, 0.25) is 0 Å². The van der Waals surface area contributed by atoms with E-state index in [2.05, 4.69) is 63.3 Å². The van der Waals surface area contributed by atoms with Gasteiger partial charge in [0.05, 0.1) is 12.2 Å². The normalized spacial score (nSPS) is 10.4. The lowest BCUT2D eigenvalue weighted by atomic mass is 10.2. The maximum atomic E-state index is 4.43. The number of hydrogen-bond donors (Lipinski definition) is 1. The van der Waals surface area contributed by atoms with Crippen LogP contribution in [0.3, 0.4) is 0 Å². The zero-order valence-corrected chi connectivity index (χ0v) is 14.0. The van der Waals surface area contributed by atoms with Crippen molar-refractivity contribution in [2.24, 2.45) is 0 Å². The molecule has 1 N–H and O–H groups in total. The molecule has 24 heavy (non-hydrogen) atoms. The van der Waals surface area contributed by atoms with E-state index in [1.807, 2.05) is 24.3 Å².